The van der Waals surface area contributed by atoms with Crippen molar-refractivity contribution in [2.75, 3.05) is 0 Å². The SMILES string of the molecule is CC(C)C(c1ccccc1)c1ccccn1.CC(C)C(c1ccccn1)C1CCCCC1.CC(C)C(c1ccccn1)c1ccccn1. The summed E-state index contributed by atoms with van der Waals surface area (Å²) in [5.41, 5.74) is 6.00. The van der Waals surface area contributed by atoms with Gasteiger partial charge in [-0.25, -0.2) is 0 Å². The topological polar surface area (TPSA) is 51.6 Å². The minimum Gasteiger partial charge on any atom is -0.261 e. The van der Waals surface area contributed by atoms with Gasteiger partial charge in [-0.2, -0.15) is 0 Å². The van der Waals surface area contributed by atoms with E-state index in [0.717, 1.165) is 23.0 Å². The zero-order valence-electron chi connectivity index (χ0n) is 30.0. The lowest BCUT2D eigenvalue weighted by atomic mass is 9.73. The van der Waals surface area contributed by atoms with Crippen LogP contribution >= 0.6 is 0 Å². The fourth-order valence-electron chi connectivity index (χ4n) is 7.27. The Balaban J connectivity index is 0.000000163. The van der Waals surface area contributed by atoms with Crippen LogP contribution in [0.15, 0.2) is 128 Å². The van der Waals surface area contributed by atoms with E-state index in [-0.39, 0.29) is 5.92 Å². The van der Waals surface area contributed by atoms with Gasteiger partial charge in [0.25, 0.3) is 0 Å². The van der Waals surface area contributed by atoms with Gasteiger partial charge in [-0.3, -0.25) is 19.9 Å². The minimum atomic E-state index is 0.280. The maximum Gasteiger partial charge on any atom is 0.0496 e. The van der Waals surface area contributed by atoms with Crippen molar-refractivity contribution in [2.24, 2.45) is 23.7 Å². The van der Waals surface area contributed by atoms with Gasteiger partial charge in [0.15, 0.2) is 0 Å². The molecular weight excluding hydrogens is 585 g/mol. The second-order valence-electron chi connectivity index (χ2n) is 14.0. The van der Waals surface area contributed by atoms with Crippen molar-refractivity contribution in [1.29, 1.82) is 0 Å². The Labute approximate surface area is 290 Å². The molecule has 1 saturated carbocycles. The smallest absolute Gasteiger partial charge is 0.0496 e. The van der Waals surface area contributed by atoms with Crippen LogP contribution < -0.4 is 0 Å². The van der Waals surface area contributed by atoms with Gasteiger partial charge in [0, 0.05) is 65.3 Å². The number of benzene rings is 1. The molecule has 0 N–H and O–H groups in total. The minimum absolute atomic E-state index is 0.280. The van der Waals surface area contributed by atoms with E-state index >= 15 is 0 Å². The van der Waals surface area contributed by atoms with E-state index in [4.69, 9.17) is 0 Å². The van der Waals surface area contributed by atoms with Crippen LogP contribution in [0.25, 0.3) is 0 Å². The van der Waals surface area contributed by atoms with Gasteiger partial charge in [0.05, 0.1) is 0 Å². The predicted octanol–water partition coefficient (Wildman–Crippen LogP) is 11.5. The molecule has 4 heteroatoms. The molecule has 4 aromatic heterocycles. The third-order valence-corrected chi connectivity index (χ3v) is 9.42. The van der Waals surface area contributed by atoms with Gasteiger partial charge in [0.2, 0.25) is 0 Å². The van der Waals surface area contributed by atoms with Gasteiger partial charge < -0.3 is 0 Å². The second-order valence-corrected chi connectivity index (χ2v) is 14.0. The van der Waals surface area contributed by atoms with Crippen LogP contribution in [0.3, 0.4) is 0 Å². The molecule has 0 aliphatic heterocycles. The van der Waals surface area contributed by atoms with Crippen molar-refractivity contribution in [1.82, 2.24) is 19.9 Å². The first-order chi connectivity index (χ1) is 23.4. The fraction of sp³-hybridized carbons (Fsp3) is 0.409. The summed E-state index contributed by atoms with van der Waals surface area (Å²) in [5, 5.41) is 0. The molecular formula is C44H56N4. The van der Waals surface area contributed by atoms with Gasteiger partial charge in [-0.1, -0.05) is 115 Å². The molecule has 0 saturated heterocycles. The molecule has 6 rings (SSSR count). The molecule has 1 aromatic carbocycles. The Kier molecular flexibility index (Phi) is 15.0. The van der Waals surface area contributed by atoms with Crippen LogP contribution in [-0.4, -0.2) is 19.9 Å². The highest BCUT2D eigenvalue weighted by Crippen LogP contribution is 2.39. The van der Waals surface area contributed by atoms with Crippen molar-refractivity contribution >= 4 is 0 Å². The molecule has 1 aliphatic carbocycles. The molecule has 0 amide bonds. The molecule has 2 unspecified atom stereocenters. The summed E-state index contributed by atoms with van der Waals surface area (Å²) >= 11 is 0. The van der Waals surface area contributed by atoms with Crippen molar-refractivity contribution < 1.29 is 0 Å². The van der Waals surface area contributed by atoms with Crippen LogP contribution in [-0.2, 0) is 0 Å². The summed E-state index contributed by atoms with van der Waals surface area (Å²) in [6, 6.07) is 35.2. The summed E-state index contributed by atoms with van der Waals surface area (Å²) in [6.45, 7) is 13.6. The molecule has 0 spiro atoms. The third-order valence-electron chi connectivity index (χ3n) is 9.42. The van der Waals surface area contributed by atoms with E-state index in [1.165, 1.54) is 43.4 Å². The van der Waals surface area contributed by atoms with Gasteiger partial charge in [-0.05, 0) is 90.6 Å². The van der Waals surface area contributed by atoms with Crippen molar-refractivity contribution in [3.8, 4) is 0 Å². The van der Waals surface area contributed by atoms with E-state index in [1.807, 2.05) is 61.2 Å². The Morgan fingerprint density at radius 1 is 0.417 bits per heavy atom. The summed E-state index contributed by atoms with van der Waals surface area (Å²) in [6.07, 6.45) is 14.6. The monoisotopic (exact) mass is 640 g/mol. The highest BCUT2D eigenvalue weighted by atomic mass is 14.7. The average Bonchev–Trinajstić information content (AvgIpc) is 3.12. The quantitative estimate of drug-likeness (QED) is 0.161. The largest absolute Gasteiger partial charge is 0.261 e. The van der Waals surface area contributed by atoms with Crippen molar-refractivity contribution in [3.05, 3.63) is 156 Å². The van der Waals surface area contributed by atoms with Gasteiger partial charge in [0.1, 0.15) is 0 Å². The lowest BCUT2D eigenvalue weighted by Gasteiger charge is -2.32. The molecule has 1 aliphatic rings. The number of nitrogens with zero attached hydrogens (tertiary/aromatic N) is 4. The van der Waals surface area contributed by atoms with Crippen LogP contribution in [0.5, 0.6) is 0 Å². The van der Waals surface area contributed by atoms with Crippen LogP contribution in [0.2, 0.25) is 0 Å². The molecule has 4 heterocycles. The van der Waals surface area contributed by atoms with Crippen molar-refractivity contribution in [3.63, 3.8) is 0 Å². The lowest BCUT2D eigenvalue weighted by Crippen LogP contribution is -2.21. The van der Waals surface area contributed by atoms with E-state index in [2.05, 4.69) is 128 Å². The highest BCUT2D eigenvalue weighted by Gasteiger charge is 2.28. The second kappa shape index (κ2) is 19.6. The number of aromatic nitrogens is 4. The molecule has 1 fully saturated rings. The molecule has 252 valence electrons. The standard InChI is InChI=1S/C15H23N.C15H17N.C14H16N2/c2*1-12(2)15(13-8-4-3-5-9-13)14-10-6-7-11-16-14;1-11(2)14(12-7-3-5-9-15-12)13-8-4-6-10-16-13/h6-7,10-13,15H,3-5,8-9H2,1-2H3;3-12,15H,1-2H3;3-11,14H,1-2H3. The number of rotatable bonds is 9. The van der Waals surface area contributed by atoms with Gasteiger partial charge >= 0.3 is 0 Å². The normalized spacial score (nSPS) is 14.5. The zero-order chi connectivity index (χ0) is 34.1. The number of hydrogen-bond acceptors (Lipinski definition) is 4. The number of pyridine rings is 4. The predicted molar refractivity (Wildman–Crippen MR) is 201 cm³/mol. The Morgan fingerprint density at radius 3 is 1.19 bits per heavy atom. The lowest BCUT2D eigenvalue weighted by molar-refractivity contribution is 0.256. The van der Waals surface area contributed by atoms with Crippen molar-refractivity contribution in [2.45, 2.75) is 91.4 Å². The maximum atomic E-state index is 4.58. The first-order valence-corrected chi connectivity index (χ1v) is 18.0. The molecule has 0 bridgehead atoms. The first kappa shape index (κ1) is 36.7. The Bertz CT molecular complexity index is 1350. The molecule has 4 nitrogen and oxygen atoms in total. The third kappa shape index (κ3) is 10.9. The molecule has 0 radical (unpaired) electrons. The summed E-state index contributed by atoms with van der Waals surface area (Å²) in [7, 11) is 0. The maximum absolute atomic E-state index is 4.58. The van der Waals surface area contributed by atoms with E-state index in [0.29, 0.717) is 29.6 Å². The molecule has 48 heavy (non-hydrogen) atoms. The van der Waals surface area contributed by atoms with E-state index in [9.17, 15) is 0 Å². The van der Waals surface area contributed by atoms with E-state index < -0.39 is 0 Å². The summed E-state index contributed by atoms with van der Waals surface area (Å²) in [5.74, 6) is 3.95. The fourth-order valence-corrected chi connectivity index (χ4v) is 7.27. The first-order valence-electron chi connectivity index (χ1n) is 18.0. The Hall–Kier alpha value is -4.18. The van der Waals surface area contributed by atoms with Gasteiger partial charge in [-0.15, -0.1) is 0 Å². The molecule has 5 aromatic rings. The zero-order valence-corrected chi connectivity index (χ0v) is 30.0. The van der Waals surface area contributed by atoms with E-state index in [1.54, 1.807) is 0 Å². The average molecular weight is 641 g/mol. The van der Waals surface area contributed by atoms with Crippen LogP contribution in [0.1, 0.15) is 120 Å². The molecule has 2 atom stereocenters. The summed E-state index contributed by atoms with van der Waals surface area (Å²) < 4.78 is 0. The highest BCUT2D eigenvalue weighted by molar-refractivity contribution is 5.29. The summed E-state index contributed by atoms with van der Waals surface area (Å²) in [4.78, 5) is 17.9. The van der Waals surface area contributed by atoms with Crippen LogP contribution in [0.4, 0.5) is 0 Å². The Morgan fingerprint density at radius 2 is 0.812 bits per heavy atom. The number of hydrogen-bond donors (Lipinski definition) is 0. The van der Waals surface area contributed by atoms with Crippen LogP contribution in [0, 0.1) is 23.7 Å².